The smallest absolute Gasteiger partial charge is 0.335 e. The van der Waals surface area contributed by atoms with Gasteiger partial charge in [0.05, 0.1) is 5.56 Å². The molecule has 0 radical (unpaired) electrons. The molecule has 0 aromatic heterocycles. The van der Waals surface area contributed by atoms with E-state index in [0.717, 1.165) is 16.9 Å². The van der Waals surface area contributed by atoms with Crippen molar-refractivity contribution in [1.29, 1.82) is 0 Å². The highest BCUT2D eigenvalue weighted by Gasteiger charge is 2.24. The summed E-state index contributed by atoms with van der Waals surface area (Å²) in [5.41, 5.74) is 2.21. The van der Waals surface area contributed by atoms with Gasteiger partial charge in [0.1, 0.15) is 11.9 Å². The van der Waals surface area contributed by atoms with Gasteiger partial charge in [-0.25, -0.2) is 4.79 Å². The van der Waals surface area contributed by atoms with Crippen LogP contribution in [-0.4, -0.2) is 17.2 Å². The van der Waals surface area contributed by atoms with Crippen LogP contribution in [0.15, 0.2) is 30.4 Å². The van der Waals surface area contributed by atoms with Crippen LogP contribution in [-0.2, 0) is 6.42 Å². The number of carboxylic acids is 1. The monoisotopic (exact) mass is 204 g/mol. The van der Waals surface area contributed by atoms with Crippen molar-refractivity contribution < 1.29 is 14.6 Å². The Morgan fingerprint density at radius 2 is 2.33 bits per heavy atom. The fourth-order valence-electron chi connectivity index (χ4n) is 1.66. The Bertz CT molecular complexity index is 434. The summed E-state index contributed by atoms with van der Waals surface area (Å²) in [6.45, 7) is 5.75. The van der Waals surface area contributed by atoms with Gasteiger partial charge in [-0.1, -0.05) is 6.58 Å². The third-order valence-corrected chi connectivity index (χ3v) is 2.53. The summed E-state index contributed by atoms with van der Waals surface area (Å²) in [7, 11) is 0. The minimum atomic E-state index is -0.906. The molecule has 0 spiro atoms. The predicted octanol–water partition coefficient (Wildman–Crippen LogP) is 2.26. The number of fused-ring (bicyclic) bond motifs is 1. The van der Waals surface area contributed by atoms with Crippen LogP contribution in [0.2, 0.25) is 0 Å². The molecular weight excluding hydrogens is 192 g/mol. The Labute approximate surface area is 88.0 Å². The van der Waals surface area contributed by atoms with E-state index in [9.17, 15) is 4.79 Å². The molecule has 1 atom stereocenters. The zero-order valence-corrected chi connectivity index (χ0v) is 8.49. The van der Waals surface area contributed by atoms with Gasteiger partial charge < -0.3 is 9.84 Å². The summed E-state index contributed by atoms with van der Waals surface area (Å²) < 4.78 is 5.61. The lowest BCUT2D eigenvalue weighted by Crippen LogP contribution is -2.13. The minimum Gasteiger partial charge on any atom is -0.485 e. The highest BCUT2D eigenvalue weighted by molar-refractivity contribution is 5.88. The maximum Gasteiger partial charge on any atom is 0.335 e. The van der Waals surface area contributed by atoms with E-state index in [-0.39, 0.29) is 6.10 Å². The number of ether oxygens (including phenoxy) is 1. The van der Waals surface area contributed by atoms with E-state index in [4.69, 9.17) is 9.84 Å². The van der Waals surface area contributed by atoms with Crippen LogP contribution in [0.5, 0.6) is 5.75 Å². The lowest BCUT2D eigenvalue weighted by atomic mass is 10.0. The van der Waals surface area contributed by atoms with Crippen molar-refractivity contribution in [2.24, 2.45) is 0 Å². The Morgan fingerprint density at radius 3 is 2.93 bits per heavy atom. The zero-order chi connectivity index (χ0) is 11.0. The summed E-state index contributed by atoms with van der Waals surface area (Å²) in [4.78, 5) is 10.8. The van der Waals surface area contributed by atoms with E-state index in [2.05, 4.69) is 6.58 Å². The van der Waals surface area contributed by atoms with Gasteiger partial charge in [0.25, 0.3) is 0 Å². The third kappa shape index (κ3) is 1.73. The largest absolute Gasteiger partial charge is 0.485 e. The lowest BCUT2D eigenvalue weighted by Gasteiger charge is -2.08. The molecule has 1 aliphatic rings. The van der Waals surface area contributed by atoms with Crippen molar-refractivity contribution in [2.75, 3.05) is 0 Å². The molecule has 1 N–H and O–H groups in total. The van der Waals surface area contributed by atoms with Crippen molar-refractivity contribution in [1.82, 2.24) is 0 Å². The molecule has 0 saturated heterocycles. The van der Waals surface area contributed by atoms with Gasteiger partial charge >= 0.3 is 5.97 Å². The first-order chi connectivity index (χ1) is 7.08. The first-order valence-electron chi connectivity index (χ1n) is 4.76. The number of benzene rings is 1. The molecule has 3 nitrogen and oxygen atoms in total. The Hall–Kier alpha value is -1.77. The molecule has 78 valence electrons. The molecule has 0 saturated carbocycles. The van der Waals surface area contributed by atoms with Crippen LogP contribution in [0.3, 0.4) is 0 Å². The quantitative estimate of drug-likeness (QED) is 0.751. The van der Waals surface area contributed by atoms with Crippen molar-refractivity contribution >= 4 is 5.97 Å². The predicted molar refractivity (Wildman–Crippen MR) is 56.3 cm³/mol. The lowest BCUT2D eigenvalue weighted by molar-refractivity contribution is 0.0697. The summed E-state index contributed by atoms with van der Waals surface area (Å²) in [6.07, 6.45) is 0.704. The second-order valence-electron chi connectivity index (χ2n) is 3.78. The van der Waals surface area contributed by atoms with Crippen LogP contribution < -0.4 is 4.74 Å². The van der Waals surface area contributed by atoms with Crippen molar-refractivity contribution in [3.05, 3.63) is 41.5 Å². The third-order valence-electron chi connectivity index (χ3n) is 2.53. The van der Waals surface area contributed by atoms with Crippen LogP contribution in [0.4, 0.5) is 0 Å². The number of rotatable bonds is 2. The van der Waals surface area contributed by atoms with E-state index in [1.165, 1.54) is 0 Å². The van der Waals surface area contributed by atoms with Gasteiger partial charge in [-0.05, 0) is 36.3 Å². The number of hydrogen-bond donors (Lipinski definition) is 1. The molecule has 0 unspecified atom stereocenters. The van der Waals surface area contributed by atoms with Gasteiger partial charge in [0.2, 0.25) is 0 Å². The van der Waals surface area contributed by atoms with E-state index in [1.54, 1.807) is 18.2 Å². The standard InChI is InChI=1S/C12H12O3/c1-7(2)11-6-9-5-8(12(13)14)3-4-10(9)15-11/h3-5,11H,1,6H2,2H3,(H,13,14)/t11-/m0/s1. The molecule has 0 amide bonds. The van der Waals surface area contributed by atoms with Gasteiger partial charge in [-0.3, -0.25) is 0 Å². The molecular formula is C12H12O3. The zero-order valence-electron chi connectivity index (χ0n) is 8.49. The number of carboxylic acid groups (broad SMARTS) is 1. The maximum atomic E-state index is 10.8. The van der Waals surface area contributed by atoms with Crippen molar-refractivity contribution in [3.8, 4) is 5.75 Å². The second kappa shape index (κ2) is 3.42. The molecule has 2 rings (SSSR count). The molecule has 1 aromatic rings. The van der Waals surface area contributed by atoms with Crippen molar-refractivity contribution in [2.45, 2.75) is 19.4 Å². The second-order valence-corrected chi connectivity index (χ2v) is 3.78. The van der Waals surface area contributed by atoms with Crippen LogP contribution in [0, 0.1) is 0 Å². The van der Waals surface area contributed by atoms with E-state index < -0.39 is 5.97 Å². The Morgan fingerprint density at radius 1 is 1.60 bits per heavy atom. The first kappa shape index (κ1) is 9.77. The molecule has 3 heteroatoms. The fourth-order valence-corrected chi connectivity index (χ4v) is 1.66. The van der Waals surface area contributed by atoms with E-state index in [0.29, 0.717) is 12.0 Å². The van der Waals surface area contributed by atoms with Gasteiger partial charge in [0.15, 0.2) is 0 Å². The molecule has 0 bridgehead atoms. The molecule has 1 heterocycles. The maximum absolute atomic E-state index is 10.8. The first-order valence-corrected chi connectivity index (χ1v) is 4.76. The Balaban J connectivity index is 2.31. The Kier molecular flexibility index (Phi) is 2.23. The van der Waals surface area contributed by atoms with Crippen LogP contribution in [0.25, 0.3) is 0 Å². The molecule has 1 aliphatic heterocycles. The average molecular weight is 204 g/mol. The molecule has 1 aromatic carbocycles. The highest BCUT2D eigenvalue weighted by atomic mass is 16.5. The van der Waals surface area contributed by atoms with E-state index in [1.807, 2.05) is 6.92 Å². The van der Waals surface area contributed by atoms with Crippen molar-refractivity contribution in [3.63, 3.8) is 0 Å². The summed E-state index contributed by atoms with van der Waals surface area (Å²) in [5.74, 6) is -0.135. The van der Waals surface area contributed by atoms with Crippen LogP contribution >= 0.6 is 0 Å². The highest BCUT2D eigenvalue weighted by Crippen LogP contribution is 2.31. The SMILES string of the molecule is C=C(C)[C@@H]1Cc2cc(C(=O)O)ccc2O1. The topological polar surface area (TPSA) is 46.5 Å². The van der Waals surface area contributed by atoms with Gasteiger partial charge in [-0.15, -0.1) is 0 Å². The van der Waals surface area contributed by atoms with E-state index >= 15 is 0 Å². The number of aromatic carboxylic acids is 1. The van der Waals surface area contributed by atoms with Gasteiger partial charge in [-0.2, -0.15) is 0 Å². The molecule has 0 aliphatic carbocycles. The molecule has 15 heavy (non-hydrogen) atoms. The molecule has 0 fully saturated rings. The minimum absolute atomic E-state index is 0.0101. The normalized spacial score (nSPS) is 18.1. The van der Waals surface area contributed by atoms with Gasteiger partial charge in [0, 0.05) is 6.42 Å². The summed E-state index contributed by atoms with van der Waals surface area (Å²) in [6, 6.07) is 4.93. The number of carbonyl (C=O) groups is 1. The summed E-state index contributed by atoms with van der Waals surface area (Å²) in [5, 5.41) is 8.83. The average Bonchev–Trinajstić information content (AvgIpc) is 2.59. The number of hydrogen-bond acceptors (Lipinski definition) is 2. The van der Waals surface area contributed by atoms with Crippen LogP contribution in [0.1, 0.15) is 22.8 Å². The summed E-state index contributed by atoms with van der Waals surface area (Å²) >= 11 is 0. The fraction of sp³-hybridized carbons (Fsp3) is 0.250.